The maximum atomic E-state index is 14.0. The zero-order valence-electron chi connectivity index (χ0n) is 20.1. The van der Waals surface area contributed by atoms with Crippen molar-refractivity contribution in [1.29, 1.82) is 0 Å². The van der Waals surface area contributed by atoms with Gasteiger partial charge in [0.2, 0.25) is 11.8 Å². The number of fused-ring (bicyclic) bond motifs is 4. The number of methoxy groups -OCH3 is 1. The van der Waals surface area contributed by atoms with Gasteiger partial charge in [0.15, 0.2) is 0 Å². The lowest BCUT2D eigenvalue weighted by Crippen LogP contribution is -2.53. The van der Waals surface area contributed by atoms with E-state index in [0.717, 1.165) is 12.0 Å². The highest BCUT2D eigenvalue weighted by Gasteiger charge is 2.58. The summed E-state index contributed by atoms with van der Waals surface area (Å²) >= 11 is 0. The minimum absolute atomic E-state index is 0.124. The maximum absolute atomic E-state index is 14.0. The van der Waals surface area contributed by atoms with E-state index < -0.39 is 18.0 Å². The summed E-state index contributed by atoms with van der Waals surface area (Å²) < 4.78 is 6.85. The van der Waals surface area contributed by atoms with Crippen LogP contribution in [0.3, 0.4) is 0 Å². The van der Waals surface area contributed by atoms with Crippen molar-refractivity contribution >= 4 is 17.9 Å². The molecule has 0 unspecified atom stereocenters. The van der Waals surface area contributed by atoms with E-state index in [-0.39, 0.29) is 36.5 Å². The summed E-state index contributed by atoms with van der Waals surface area (Å²) in [7, 11) is 1.45. The molecule has 8 heteroatoms. The summed E-state index contributed by atoms with van der Waals surface area (Å²) in [6.07, 6.45) is 4.33. The third-order valence-electron chi connectivity index (χ3n) is 7.70. The minimum atomic E-state index is -0.804. The SMILES string of the molecule is C/C=C\c1ccc2n(c1=O)C[C@@H]1[C@@H](CO)[C@H](C(=O)N3CCc4ccccc4C3)N(C(=O)COC)[C@H]21. The van der Waals surface area contributed by atoms with Crippen LogP contribution in [0, 0.1) is 11.8 Å². The number of carbonyl (C=O) groups excluding carboxylic acids is 2. The molecule has 3 aliphatic rings. The Morgan fingerprint density at radius 1 is 1.17 bits per heavy atom. The Balaban J connectivity index is 1.54. The molecule has 0 aliphatic carbocycles. The van der Waals surface area contributed by atoms with Crippen molar-refractivity contribution in [2.45, 2.75) is 38.5 Å². The van der Waals surface area contributed by atoms with E-state index in [1.165, 1.54) is 12.7 Å². The molecule has 1 saturated heterocycles. The van der Waals surface area contributed by atoms with Gasteiger partial charge in [-0.1, -0.05) is 36.4 Å². The number of carbonyl (C=O) groups is 2. The number of likely N-dealkylation sites (tertiary alicyclic amines) is 1. The number of aliphatic hydroxyl groups is 1. The molecule has 2 aromatic rings. The summed E-state index contributed by atoms with van der Waals surface area (Å²) in [6.45, 7) is 2.84. The van der Waals surface area contributed by atoms with Gasteiger partial charge in [0.1, 0.15) is 12.6 Å². The lowest BCUT2D eigenvalue weighted by Gasteiger charge is -2.36. The summed E-state index contributed by atoms with van der Waals surface area (Å²) in [4.78, 5) is 43.8. The number of benzene rings is 1. The fourth-order valence-electron chi connectivity index (χ4n) is 6.14. The van der Waals surface area contributed by atoms with Crippen molar-refractivity contribution in [3.63, 3.8) is 0 Å². The molecule has 5 rings (SSSR count). The predicted octanol–water partition coefficient (Wildman–Crippen LogP) is 1.60. The Morgan fingerprint density at radius 3 is 2.66 bits per heavy atom. The van der Waals surface area contributed by atoms with Crippen LogP contribution in [0.15, 0.2) is 47.3 Å². The van der Waals surface area contributed by atoms with Gasteiger partial charge in [-0.05, 0) is 36.6 Å². The van der Waals surface area contributed by atoms with E-state index in [0.29, 0.717) is 30.9 Å². The number of nitrogens with zero attached hydrogens (tertiary/aromatic N) is 3. The number of allylic oxidation sites excluding steroid dienone is 1. The van der Waals surface area contributed by atoms with E-state index in [9.17, 15) is 19.5 Å². The molecule has 1 aromatic heterocycles. The minimum Gasteiger partial charge on any atom is -0.396 e. The third-order valence-corrected chi connectivity index (χ3v) is 7.70. The molecule has 0 radical (unpaired) electrons. The molecule has 8 nitrogen and oxygen atoms in total. The van der Waals surface area contributed by atoms with Crippen molar-refractivity contribution < 1.29 is 19.4 Å². The van der Waals surface area contributed by atoms with Crippen LogP contribution in [0.4, 0.5) is 0 Å². The number of pyridine rings is 1. The van der Waals surface area contributed by atoms with Crippen LogP contribution < -0.4 is 5.56 Å². The first-order chi connectivity index (χ1) is 17.0. The van der Waals surface area contributed by atoms with Crippen LogP contribution in [0.1, 0.15) is 35.3 Å². The van der Waals surface area contributed by atoms with Crippen molar-refractivity contribution in [2.75, 3.05) is 26.9 Å². The van der Waals surface area contributed by atoms with Crippen LogP contribution >= 0.6 is 0 Å². The van der Waals surface area contributed by atoms with Crippen LogP contribution in [-0.4, -0.2) is 64.2 Å². The van der Waals surface area contributed by atoms with Gasteiger partial charge in [0.05, 0.1) is 6.04 Å². The summed E-state index contributed by atoms with van der Waals surface area (Å²) in [6, 6.07) is 10.4. The van der Waals surface area contributed by atoms with Gasteiger partial charge in [-0.3, -0.25) is 14.4 Å². The average Bonchev–Trinajstić information content (AvgIpc) is 3.40. The fraction of sp³-hybridized carbons (Fsp3) is 0.444. The van der Waals surface area contributed by atoms with Crippen LogP contribution in [0.5, 0.6) is 0 Å². The zero-order chi connectivity index (χ0) is 24.7. The molecule has 1 N–H and O–H groups in total. The lowest BCUT2D eigenvalue weighted by molar-refractivity contribution is -0.149. The lowest BCUT2D eigenvalue weighted by atomic mass is 9.87. The Morgan fingerprint density at radius 2 is 1.94 bits per heavy atom. The molecule has 1 aromatic carbocycles. The first-order valence-corrected chi connectivity index (χ1v) is 12.1. The average molecular weight is 478 g/mol. The number of hydrogen-bond acceptors (Lipinski definition) is 5. The molecule has 2 amide bonds. The van der Waals surface area contributed by atoms with Gasteiger partial charge in [-0.2, -0.15) is 0 Å². The zero-order valence-corrected chi connectivity index (χ0v) is 20.1. The maximum Gasteiger partial charge on any atom is 0.258 e. The number of aliphatic hydroxyl groups excluding tert-OH is 1. The van der Waals surface area contributed by atoms with E-state index in [1.54, 1.807) is 26.5 Å². The second-order valence-corrected chi connectivity index (χ2v) is 9.54. The van der Waals surface area contributed by atoms with Crippen molar-refractivity contribution in [3.8, 4) is 0 Å². The molecule has 4 heterocycles. The van der Waals surface area contributed by atoms with Crippen LogP contribution in [-0.2, 0) is 33.8 Å². The third kappa shape index (κ3) is 3.81. The Bertz CT molecular complexity index is 1240. The summed E-state index contributed by atoms with van der Waals surface area (Å²) in [5.41, 5.74) is 3.49. The highest BCUT2D eigenvalue weighted by Crippen LogP contribution is 2.49. The van der Waals surface area contributed by atoms with Gasteiger partial charge >= 0.3 is 0 Å². The van der Waals surface area contributed by atoms with Crippen molar-refractivity contribution in [2.24, 2.45) is 11.8 Å². The number of rotatable bonds is 5. The predicted molar refractivity (Wildman–Crippen MR) is 130 cm³/mol. The van der Waals surface area contributed by atoms with E-state index in [1.807, 2.05) is 37.3 Å². The number of aromatic nitrogens is 1. The van der Waals surface area contributed by atoms with Gasteiger partial charge in [-0.25, -0.2) is 0 Å². The van der Waals surface area contributed by atoms with Gasteiger partial charge < -0.3 is 24.2 Å². The molecule has 0 spiro atoms. The monoisotopic (exact) mass is 477 g/mol. The number of ether oxygens (including phenoxy) is 1. The first-order valence-electron chi connectivity index (χ1n) is 12.1. The molecule has 35 heavy (non-hydrogen) atoms. The highest BCUT2D eigenvalue weighted by molar-refractivity contribution is 5.90. The largest absolute Gasteiger partial charge is 0.396 e. The fourth-order valence-corrected chi connectivity index (χ4v) is 6.14. The van der Waals surface area contributed by atoms with Crippen molar-refractivity contribution in [1.82, 2.24) is 14.4 Å². The molecule has 184 valence electrons. The second kappa shape index (κ2) is 9.43. The molecular formula is C27H31N3O5. The number of amides is 2. The standard InChI is InChI=1S/C27H31N3O5/c1-3-6-18-9-10-22-24-20(14-29(22)26(18)33)21(15-31)25(30(24)23(32)16-35-2)27(34)28-12-11-17-7-4-5-8-19(17)13-28/h3-10,20-21,24-25,31H,11-16H2,1-2H3/b6-3-/t20-,21-,24+,25-/m1/s1. The molecular weight excluding hydrogens is 446 g/mol. The normalized spacial score (nSPS) is 25.0. The van der Waals surface area contributed by atoms with E-state index >= 15 is 0 Å². The number of hydrogen-bond donors (Lipinski definition) is 1. The Kier molecular flexibility index (Phi) is 6.34. The first kappa shape index (κ1) is 23.5. The molecule has 3 aliphatic heterocycles. The topological polar surface area (TPSA) is 92.1 Å². The Hall–Kier alpha value is -3.23. The van der Waals surface area contributed by atoms with Gasteiger partial charge in [0, 0.05) is 56.4 Å². The quantitative estimate of drug-likeness (QED) is 0.707. The van der Waals surface area contributed by atoms with Crippen molar-refractivity contribution in [3.05, 3.63) is 75.2 Å². The van der Waals surface area contributed by atoms with Gasteiger partial charge in [0.25, 0.3) is 5.56 Å². The summed E-state index contributed by atoms with van der Waals surface area (Å²) in [5.74, 6) is -1.18. The smallest absolute Gasteiger partial charge is 0.258 e. The molecule has 4 atom stereocenters. The molecule has 1 fully saturated rings. The molecule has 0 bridgehead atoms. The van der Waals surface area contributed by atoms with Gasteiger partial charge in [-0.15, -0.1) is 0 Å². The van der Waals surface area contributed by atoms with Crippen LogP contribution in [0.25, 0.3) is 6.08 Å². The Labute approximate surface area is 204 Å². The van der Waals surface area contributed by atoms with E-state index in [2.05, 4.69) is 6.07 Å². The van der Waals surface area contributed by atoms with Crippen LogP contribution in [0.2, 0.25) is 0 Å². The summed E-state index contributed by atoms with van der Waals surface area (Å²) in [5, 5.41) is 10.5. The molecule has 0 saturated carbocycles. The highest BCUT2D eigenvalue weighted by atomic mass is 16.5. The second-order valence-electron chi connectivity index (χ2n) is 9.54. The van der Waals surface area contributed by atoms with E-state index in [4.69, 9.17) is 4.74 Å².